The zero-order valence-electron chi connectivity index (χ0n) is 11.5. The second-order valence-electron chi connectivity index (χ2n) is 5.30. The number of nitrogens with zero attached hydrogens (tertiary/aromatic N) is 1. The summed E-state index contributed by atoms with van der Waals surface area (Å²) in [6, 6.07) is 5.44. The maximum Gasteiger partial charge on any atom is 0.245 e. The number of benzene rings is 1. The van der Waals surface area contributed by atoms with Crippen LogP contribution >= 0.6 is 0 Å². The third-order valence-electron chi connectivity index (χ3n) is 3.65. The molecular formula is C14H19N3O2S. The molecule has 1 aliphatic rings. The summed E-state index contributed by atoms with van der Waals surface area (Å²) >= 11 is 0. The summed E-state index contributed by atoms with van der Waals surface area (Å²) in [5.74, 6) is 0. The number of anilines is 1. The highest BCUT2D eigenvalue weighted by molar-refractivity contribution is 7.89. The first kappa shape index (κ1) is 13.5. The summed E-state index contributed by atoms with van der Waals surface area (Å²) in [5, 5.41) is 0.709. The molecule has 1 aromatic heterocycles. The van der Waals surface area contributed by atoms with Crippen molar-refractivity contribution in [2.45, 2.75) is 37.1 Å². The van der Waals surface area contributed by atoms with Gasteiger partial charge in [0.25, 0.3) is 0 Å². The van der Waals surface area contributed by atoms with Crippen molar-refractivity contribution in [1.29, 1.82) is 0 Å². The molecule has 1 aliphatic carbocycles. The second-order valence-corrected chi connectivity index (χ2v) is 7.16. The minimum absolute atomic E-state index is 0.179. The van der Waals surface area contributed by atoms with Gasteiger partial charge in [-0.1, -0.05) is 6.92 Å². The largest absolute Gasteiger partial charge is 0.399 e. The molecule has 1 saturated carbocycles. The van der Waals surface area contributed by atoms with Crippen molar-refractivity contribution in [2.75, 3.05) is 12.3 Å². The van der Waals surface area contributed by atoms with E-state index in [0.717, 1.165) is 24.8 Å². The highest BCUT2D eigenvalue weighted by atomic mass is 32.2. The first-order chi connectivity index (χ1) is 9.54. The molecule has 0 aliphatic heterocycles. The Morgan fingerprint density at radius 1 is 1.40 bits per heavy atom. The second kappa shape index (κ2) is 4.79. The van der Waals surface area contributed by atoms with Crippen molar-refractivity contribution in [3.8, 4) is 0 Å². The molecule has 1 aromatic carbocycles. The van der Waals surface area contributed by atoms with Gasteiger partial charge in [0.05, 0.1) is 0 Å². The number of H-pyrrole nitrogens is 1. The average Bonchev–Trinajstić information content (AvgIpc) is 3.14. The zero-order valence-corrected chi connectivity index (χ0v) is 12.3. The SMILES string of the molecule is CCCN(C1CC1)S(=O)(=O)c1c[nH]c2cc(N)ccc12. The number of nitrogen functional groups attached to an aromatic ring is 1. The predicted molar refractivity (Wildman–Crippen MR) is 79.9 cm³/mol. The fourth-order valence-electron chi connectivity index (χ4n) is 2.54. The van der Waals surface area contributed by atoms with E-state index in [1.165, 1.54) is 0 Å². The molecule has 0 unspecified atom stereocenters. The van der Waals surface area contributed by atoms with Gasteiger partial charge in [0, 0.05) is 35.4 Å². The molecule has 1 fully saturated rings. The Labute approximate surface area is 118 Å². The van der Waals surface area contributed by atoms with Crippen molar-refractivity contribution >= 4 is 26.6 Å². The highest BCUT2D eigenvalue weighted by Crippen LogP contribution is 2.34. The first-order valence-electron chi connectivity index (χ1n) is 6.92. The van der Waals surface area contributed by atoms with E-state index < -0.39 is 10.0 Å². The van der Waals surface area contributed by atoms with Crippen LogP contribution in [-0.4, -0.2) is 30.3 Å². The Hall–Kier alpha value is -1.53. The summed E-state index contributed by atoms with van der Waals surface area (Å²) in [4.78, 5) is 3.36. The van der Waals surface area contributed by atoms with Gasteiger partial charge in [-0.05, 0) is 37.5 Å². The average molecular weight is 293 g/mol. The number of hydrogen-bond donors (Lipinski definition) is 2. The molecule has 6 heteroatoms. The van der Waals surface area contributed by atoms with Crippen molar-refractivity contribution in [3.63, 3.8) is 0 Å². The highest BCUT2D eigenvalue weighted by Gasteiger charge is 2.38. The fourth-order valence-corrected chi connectivity index (χ4v) is 4.48. The predicted octanol–water partition coefficient (Wildman–Crippen LogP) is 2.31. The molecule has 20 heavy (non-hydrogen) atoms. The monoisotopic (exact) mass is 293 g/mol. The topological polar surface area (TPSA) is 79.2 Å². The maximum atomic E-state index is 12.8. The Balaban J connectivity index is 2.08. The van der Waals surface area contributed by atoms with E-state index in [-0.39, 0.29) is 6.04 Å². The number of rotatable bonds is 5. The smallest absolute Gasteiger partial charge is 0.245 e. The molecule has 3 rings (SSSR count). The number of aromatic nitrogens is 1. The molecule has 0 spiro atoms. The van der Waals surface area contributed by atoms with Crippen LogP contribution in [-0.2, 0) is 10.0 Å². The normalized spacial score (nSPS) is 16.1. The van der Waals surface area contributed by atoms with Crippen LogP contribution in [0.25, 0.3) is 10.9 Å². The van der Waals surface area contributed by atoms with Crippen molar-refractivity contribution in [3.05, 3.63) is 24.4 Å². The summed E-state index contributed by atoms with van der Waals surface area (Å²) in [6.07, 6.45) is 4.33. The van der Waals surface area contributed by atoms with Gasteiger partial charge >= 0.3 is 0 Å². The molecule has 108 valence electrons. The van der Waals surface area contributed by atoms with Gasteiger partial charge in [0.15, 0.2) is 0 Å². The Bertz CT molecular complexity index is 732. The third kappa shape index (κ3) is 2.19. The summed E-state index contributed by atoms with van der Waals surface area (Å²) < 4.78 is 27.3. The number of aromatic amines is 1. The van der Waals surface area contributed by atoms with Crippen LogP contribution in [0.4, 0.5) is 5.69 Å². The van der Waals surface area contributed by atoms with Crippen LogP contribution in [0.15, 0.2) is 29.3 Å². The van der Waals surface area contributed by atoms with E-state index in [1.54, 1.807) is 28.7 Å². The molecule has 0 saturated heterocycles. The number of fused-ring (bicyclic) bond motifs is 1. The molecular weight excluding hydrogens is 274 g/mol. The van der Waals surface area contributed by atoms with E-state index >= 15 is 0 Å². The first-order valence-corrected chi connectivity index (χ1v) is 8.36. The molecule has 0 radical (unpaired) electrons. The van der Waals surface area contributed by atoms with Crippen molar-refractivity contribution < 1.29 is 8.42 Å². The van der Waals surface area contributed by atoms with E-state index in [9.17, 15) is 8.42 Å². The van der Waals surface area contributed by atoms with Gasteiger partial charge in [0.2, 0.25) is 10.0 Å². The van der Waals surface area contributed by atoms with E-state index in [1.807, 2.05) is 6.92 Å². The van der Waals surface area contributed by atoms with Gasteiger partial charge < -0.3 is 10.7 Å². The van der Waals surface area contributed by atoms with Gasteiger partial charge in [-0.25, -0.2) is 8.42 Å². The molecule has 0 bridgehead atoms. The molecule has 1 heterocycles. The Morgan fingerprint density at radius 3 is 2.80 bits per heavy atom. The zero-order chi connectivity index (χ0) is 14.3. The molecule has 3 N–H and O–H groups in total. The summed E-state index contributed by atoms with van der Waals surface area (Å²) in [6.45, 7) is 2.58. The van der Waals surface area contributed by atoms with Crippen molar-refractivity contribution in [2.24, 2.45) is 0 Å². The van der Waals surface area contributed by atoms with Crippen molar-refractivity contribution in [1.82, 2.24) is 9.29 Å². The Morgan fingerprint density at radius 2 is 2.15 bits per heavy atom. The quantitative estimate of drug-likeness (QED) is 0.830. The number of nitrogens with one attached hydrogen (secondary N) is 1. The third-order valence-corrected chi connectivity index (χ3v) is 5.64. The van der Waals surface area contributed by atoms with Crippen LogP contribution in [0.2, 0.25) is 0 Å². The van der Waals surface area contributed by atoms with Gasteiger partial charge in [-0.15, -0.1) is 0 Å². The number of nitrogens with two attached hydrogens (primary N) is 1. The van der Waals surface area contributed by atoms with Crippen LogP contribution in [0.3, 0.4) is 0 Å². The van der Waals surface area contributed by atoms with E-state index in [4.69, 9.17) is 5.73 Å². The lowest BCUT2D eigenvalue weighted by Crippen LogP contribution is -2.33. The molecule has 2 aromatic rings. The van der Waals surface area contributed by atoms with Crippen LogP contribution < -0.4 is 5.73 Å². The molecule has 5 nitrogen and oxygen atoms in total. The minimum Gasteiger partial charge on any atom is -0.399 e. The van der Waals surface area contributed by atoms with Crippen LogP contribution in [0.1, 0.15) is 26.2 Å². The molecule has 0 amide bonds. The van der Waals surface area contributed by atoms with Gasteiger partial charge in [-0.2, -0.15) is 4.31 Å². The summed E-state index contributed by atoms with van der Waals surface area (Å²) in [5.41, 5.74) is 7.11. The lowest BCUT2D eigenvalue weighted by Gasteiger charge is -2.20. The number of hydrogen-bond acceptors (Lipinski definition) is 3. The lowest BCUT2D eigenvalue weighted by atomic mass is 10.2. The fraction of sp³-hybridized carbons (Fsp3) is 0.429. The standard InChI is InChI=1S/C14H19N3O2S/c1-2-7-17(11-4-5-11)20(18,19)14-9-16-13-8-10(15)3-6-12(13)14/h3,6,8-9,11,16H,2,4-5,7,15H2,1H3. The summed E-state index contributed by atoms with van der Waals surface area (Å²) in [7, 11) is -3.43. The lowest BCUT2D eigenvalue weighted by molar-refractivity contribution is 0.404. The minimum atomic E-state index is -3.43. The molecule has 0 atom stereocenters. The van der Waals surface area contributed by atoms with Crippen LogP contribution in [0, 0.1) is 0 Å². The maximum absolute atomic E-state index is 12.8. The van der Waals surface area contributed by atoms with Gasteiger partial charge in [0.1, 0.15) is 4.90 Å². The van der Waals surface area contributed by atoms with E-state index in [2.05, 4.69) is 4.98 Å². The van der Waals surface area contributed by atoms with Gasteiger partial charge in [-0.3, -0.25) is 0 Å². The number of sulfonamides is 1. The van der Waals surface area contributed by atoms with Crippen LogP contribution in [0.5, 0.6) is 0 Å². The van der Waals surface area contributed by atoms with E-state index in [0.29, 0.717) is 22.5 Å². The Kier molecular flexibility index (Phi) is 3.22.